The number of carbonyl (C=O) groups excluding carboxylic acids is 1. The molecule has 0 saturated carbocycles. The summed E-state index contributed by atoms with van der Waals surface area (Å²) in [6.07, 6.45) is 0.621. The predicted octanol–water partition coefficient (Wildman–Crippen LogP) is 2.26. The average molecular weight is 341 g/mol. The Bertz CT molecular complexity index is 779. The smallest absolute Gasteiger partial charge is 0.292 e. The molecule has 25 heavy (non-hydrogen) atoms. The maximum atomic E-state index is 12.7. The van der Waals surface area contributed by atoms with Crippen molar-refractivity contribution in [1.29, 1.82) is 0 Å². The maximum absolute atomic E-state index is 12.7. The zero-order valence-electron chi connectivity index (χ0n) is 13.6. The zero-order valence-corrected chi connectivity index (χ0v) is 13.6. The minimum absolute atomic E-state index is 0.0467. The minimum atomic E-state index is -0.580. The van der Waals surface area contributed by atoms with Crippen LogP contribution < -0.4 is 5.73 Å². The van der Waals surface area contributed by atoms with Crippen molar-refractivity contribution in [3.8, 4) is 0 Å². The van der Waals surface area contributed by atoms with Crippen LogP contribution in [0, 0.1) is 10.1 Å². The molecular formula is C18H19N3O4. The molecule has 1 aliphatic rings. The molecule has 1 heterocycles. The summed E-state index contributed by atoms with van der Waals surface area (Å²) in [6.45, 7) is 1.36. The Kier molecular flexibility index (Phi) is 4.95. The van der Waals surface area contributed by atoms with Gasteiger partial charge >= 0.3 is 0 Å². The van der Waals surface area contributed by atoms with Crippen molar-refractivity contribution >= 4 is 17.3 Å². The number of nitrogen functional groups attached to an aromatic ring is 1. The van der Waals surface area contributed by atoms with Crippen LogP contribution in [-0.2, 0) is 11.2 Å². The van der Waals surface area contributed by atoms with E-state index in [1.807, 2.05) is 30.3 Å². The second-order valence-corrected chi connectivity index (χ2v) is 5.96. The lowest BCUT2D eigenvalue weighted by atomic mass is 10.1. The molecule has 1 fully saturated rings. The van der Waals surface area contributed by atoms with Gasteiger partial charge in [0, 0.05) is 31.1 Å². The van der Waals surface area contributed by atoms with E-state index in [2.05, 4.69) is 0 Å². The number of morpholine rings is 1. The number of nitro benzene ring substituents is 1. The van der Waals surface area contributed by atoms with Gasteiger partial charge in [-0.3, -0.25) is 14.9 Å². The summed E-state index contributed by atoms with van der Waals surface area (Å²) < 4.78 is 5.76. The van der Waals surface area contributed by atoms with Crippen molar-refractivity contribution in [2.24, 2.45) is 0 Å². The number of anilines is 1. The van der Waals surface area contributed by atoms with Crippen molar-refractivity contribution < 1.29 is 14.5 Å². The Morgan fingerprint density at radius 1 is 1.28 bits per heavy atom. The van der Waals surface area contributed by atoms with Gasteiger partial charge in [0.2, 0.25) is 0 Å². The monoisotopic (exact) mass is 341 g/mol. The summed E-state index contributed by atoms with van der Waals surface area (Å²) in [5, 5.41) is 11.0. The maximum Gasteiger partial charge on any atom is 0.292 e. The predicted molar refractivity (Wildman–Crippen MR) is 93.3 cm³/mol. The first-order valence-electron chi connectivity index (χ1n) is 8.03. The topological polar surface area (TPSA) is 98.7 Å². The first-order chi connectivity index (χ1) is 12.0. The van der Waals surface area contributed by atoms with E-state index >= 15 is 0 Å². The van der Waals surface area contributed by atoms with Gasteiger partial charge in [0.25, 0.3) is 11.6 Å². The van der Waals surface area contributed by atoms with Crippen LogP contribution in [0.1, 0.15) is 15.9 Å². The van der Waals surface area contributed by atoms with E-state index in [1.165, 1.54) is 18.2 Å². The van der Waals surface area contributed by atoms with E-state index in [0.29, 0.717) is 26.1 Å². The average Bonchev–Trinajstić information content (AvgIpc) is 2.62. The zero-order chi connectivity index (χ0) is 17.8. The molecule has 130 valence electrons. The van der Waals surface area contributed by atoms with E-state index in [9.17, 15) is 14.9 Å². The van der Waals surface area contributed by atoms with E-state index < -0.39 is 4.92 Å². The van der Waals surface area contributed by atoms with Gasteiger partial charge in [0.05, 0.1) is 17.6 Å². The van der Waals surface area contributed by atoms with Gasteiger partial charge in [-0.2, -0.15) is 0 Å². The van der Waals surface area contributed by atoms with Gasteiger partial charge in [-0.05, 0) is 17.7 Å². The van der Waals surface area contributed by atoms with Gasteiger partial charge in [-0.15, -0.1) is 0 Å². The normalized spacial score (nSPS) is 17.3. The Morgan fingerprint density at radius 2 is 2.04 bits per heavy atom. The number of nitrogens with zero attached hydrogens (tertiary/aromatic N) is 2. The number of nitro groups is 1. The number of nitrogens with two attached hydrogens (primary N) is 1. The lowest BCUT2D eigenvalue weighted by Crippen LogP contribution is -2.46. The van der Waals surface area contributed by atoms with Gasteiger partial charge in [-0.25, -0.2) is 0 Å². The third-order valence-corrected chi connectivity index (χ3v) is 4.21. The fraction of sp³-hybridized carbons (Fsp3) is 0.278. The Balaban J connectivity index is 1.72. The molecule has 1 atom stereocenters. The van der Waals surface area contributed by atoms with Crippen LogP contribution in [0.3, 0.4) is 0 Å². The van der Waals surface area contributed by atoms with Crippen LogP contribution in [0.4, 0.5) is 11.4 Å². The Hall–Kier alpha value is -2.93. The molecule has 3 rings (SSSR count). The molecule has 0 bridgehead atoms. The standard InChI is InChI=1S/C18H19N3O4/c19-16-7-6-14(11-17(16)21(23)24)18(22)20-8-9-25-15(12-20)10-13-4-2-1-3-5-13/h1-7,11,15H,8-10,12,19H2. The van der Waals surface area contributed by atoms with Crippen LogP contribution in [0.5, 0.6) is 0 Å². The van der Waals surface area contributed by atoms with Gasteiger partial charge in [0.1, 0.15) is 5.69 Å². The highest BCUT2D eigenvalue weighted by Crippen LogP contribution is 2.24. The first-order valence-corrected chi connectivity index (χ1v) is 8.03. The van der Waals surface area contributed by atoms with Crippen LogP contribution in [0.2, 0.25) is 0 Å². The molecule has 0 spiro atoms. The fourth-order valence-corrected chi connectivity index (χ4v) is 2.92. The number of ether oxygens (including phenoxy) is 1. The van der Waals surface area contributed by atoms with E-state index in [4.69, 9.17) is 10.5 Å². The number of rotatable bonds is 4. The van der Waals surface area contributed by atoms with Crippen molar-refractivity contribution in [1.82, 2.24) is 4.90 Å². The molecule has 2 aromatic rings. The lowest BCUT2D eigenvalue weighted by molar-refractivity contribution is -0.383. The van der Waals surface area contributed by atoms with Gasteiger partial charge in [-0.1, -0.05) is 30.3 Å². The van der Waals surface area contributed by atoms with Gasteiger partial charge < -0.3 is 15.4 Å². The van der Waals surface area contributed by atoms with Crippen LogP contribution in [0.25, 0.3) is 0 Å². The first kappa shape index (κ1) is 16.9. The molecule has 1 amide bonds. The Morgan fingerprint density at radius 3 is 2.76 bits per heavy atom. The van der Waals surface area contributed by atoms with Crippen molar-refractivity contribution in [2.45, 2.75) is 12.5 Å². The molecule has 1 saturated heterocycles. The van der Waals surface area contributed by atoms with E-state index in [-0.39, 0.29) is 28.9 Å². The number of hydrogen-bond acceptors (Lipinski definition) is 5. The third kappa shape index (κ3) is 3.95. The molecule has 0 aliphatic carbocycles. The quantitative estimate of drug-likeness (QED) is 0.522. The highest BCUT2D eigenvalue weighted by atomic mass is 16.6. The Labute approximate surface area is 145 Å². The largest absolute Gasteiger partial charge is 0.393 e. The summed E-state index contributed by atoms with van der Waals surface area (Å²) in [5.41, 5.74) is 6.80. The lowest BCUT2D eigenvalue weighted by Gasteiger charge is -2.33. The second kappa shape index (κ2) is 7.31. The van der Waals surface area contributed by atoms with Crippen LogP contribution in [-0.4, -0.2) is 41.5 Å². The molecule has 7 heteroatoms. The SMILES string of the molecule is Nc1ccc(C(=O)N2CCOC(Cc3ccccc3)C2)cc1[N+](=O)[O-]. The highest BCUT2D eigenvalue weighted by molar-refractivity contribution is 5.95. The molecular weight excluding hydrogens is 322 g/mol. The summed E-state index contributed by atoms with van der Waals surface area (Å²) >= 11 is 0. The van der Waals surface area contributed by atoms with Crippen molar-refractivity contribution in [2.75, 3.05) is 25.4 Å². The molecule has 7 nitrogen and oxygen atoms in total. The third-order valence-electron chi connectivity index (χ3n) is 4.21. The number of amides is 1. The van der Waals surface area contributed by atoms with Crippen molar-refractivity contribution in [3.05, 3.63) is 69.8 Å². The summed E-state index contributed by atoms with van der Waals surface area (Å²) in [4.78, 5) is 24.8. The molecule has 0 radical (unpaired) electrons. The van der Waals surface area contributed by atoms with E-state index in [1.54, 1.807) is 4.90 Å². The van der Waals surface area contributed by atoms with Crippen LogP contribution >= 0.6 is 0 Å². The van der Waals surface area contributed by atoms with E-state index in [0.717, 1.165) is 5.56 Å². The molecule has 1 aliphatic heterocycles. The summed E-state index contributed by atoms with van der Waals surface area (Å²) in [7, 11) is 0. The molecule has 0 aromatic heterocycles. The highest BCUT2D eigenvalue weighted by Gasteiger charge is 2.26. The van der Waals surface area contributed by atoms with Crippen molar-refractivity contribution in [3.63, 3.8) is 0 Å². The fourth-order valence-electron chi connectivity index (χ4n) is 2.92. The summed E-state index contributed by atoms with van der Waals surface area (Å²) in [6, 6.07) is 14.1. The number of carbonyl (C=O) groups is 1. The summed E-state index contributed by atoms with van der Waals surface area (Å²) in [5.74, 6) is -0.246. The molecule has 2 N–H and O–H groups in total. The number of benzene rings is 2. The molecule has 2 aromatic carbocycles. The van der Waals surface area contributed by atoms with Gasteiger partial charge in [0.15, 0.2) is 0 Å². The number of hydrogen-bond donors (Lipinski definition) is 1. The second-order valence-electron chi connectivity index (χ2n) is 5.96. The van der Waals surface area contributed by atoms with Crippen LogP contribution in [0.15, 0.2) is 48.5 Å². The minimum Gasteiger partial charge on any atom is -0.393 e. The molecule has 1 unspecified atom stereocenters.